The van der Waals surface area contributed by atoms with Crippen molar-refractivity contribution in [2.75, 3.05) is 13.6 Å². The average Bonchev–Trinajstić information content (AvgIpc) is 1.89. The minimum absolute atomic E-state index is 0.307. The molecule has 0 rings (SSSR count). The quantitative estimate of drug-likeness (QED) is 0.428. The number of hydrogen-bond donors (Lipinski definition) is 2. The van der Waals surface area contributed by atoms with Crippen LogP contribution in [0.2, 0.25) is 0 Å². The van der Waals surface area contributed by atoms with E-state index < -0.39 is 0 Å². The van der Waals surface area contributed by atoms with E-state index in [2.05, 4.69) is 11.2 Å². The first-order valence-electron chi connectivity index (χ1n) is 3.57. The second-order valence-corrected chi connectivity index (χ2v) is 2.31. The van der Waals surface area contributed by atoms with Gasteiger partial charge >= 0.3 is 0 Å². The Kier molecular flexibility index (Phi) is 6.25. The SMILES string of the molecule is C#CC[C@H](O)CCCNC. The van der Waals surface area contributed by atoms with Crippen molar-refractivity contribution < 1.29 is 5.11 Å². The van der Waals surface area contributed by atoms with Crippen molar-refractivity contribution in [1.82, 2.24) is 5.32 Å². The summed E-state index contributed by atoms with van der Waals surface area (Å²) in [6.45, 7) is 0.946. The topological polar surface area (TPSA) is 32.3 Å². The molecule has 0 amide bonds. The normalized spacial score (nSPS) is 12.5. The number of terminal acetylenes is 1. The zero-order valence-electron chi connectivity index (χ0n) is 6.43. The molecule has 0 fully saturated rings. The van der Waals surface area contributed by atoms with Gasteiger partial charge in [0.1, 0.15) is 0 Å². The van der Waals surface area contributed by atoms with E-state index in [9.17, 15) is 0 Å². The zero-order chi connectivity index (χ0) is 7.82. The Bertz CT molecular complexity index is 106. The lowest BCUT2D eigenvalue weighted by molar-refractivity contribution is 0.167. The third kappa shape index (κ3) is 5.61. The van der Waals surface area contributed by atoms with Crippen LogP contribution in [-0.2, 0) is 0 Å². The Balaban J connectivity index is 3.06. The van der Waals surface area contributed by atoms with Crippen molar-refractivity contribution in [2.45, 2.75) is 25.4 Å². The van der Waals surface area contributed by atoms with Crippen LogP contribution in [0.3, 0.4) is 0 Å². The minimum Gasteiger partial charge on any atom is -0.392 e. The highest BCUT2D eigenvalue weighted by molar-refractivity contribution is 4.86. The first-order chi connectivity index (χ1) is 4.81. The van der Waals surface area contributed by atoms with Gasteiger partial charge in [0.05, 0.1) is 6.10 Å². The van der Waals surface area contributed by atoms with Crippen molar-refractivity contribution in [3.63, 3.8) is 0 Å². The van der Waals surface area contributed by atoms with Crippen LogP contribution in [0.1, 0.15) is 19.3 Å². The molecule has 0 aromatic carbocycles. The lowest BCUT2D eigenvalue weighted by Crippen LogP contribution is -2.12. The molecule has 0 unspecified atom stereocenters. The number of rotatable bonds is 5. The molecule has 0 saturated heterocycles. The van der Waals surface area contributed by atoms with Crippen molar-refractivity contribution >= 4 is 0 Å². The Hall–Kier alpha value is -0.520. The molecule has 0 saturated carbocycles. The lowest BCUT2D eigenvalue weighted by Gasteiger charge is -2.04. The number of aliphatic hydroxyl groups is 1. The van der Waals surface area contributed by atoms with E-state index >= 15 is 0 Å². The fourth-order valence-corrected chi connectivity index (χ4v) is 0.753. The van der Waals surface area contributed by atoms with Gasteiger partial charge in [-0.05, 0) is 26.4 Å². The van der Waals surface area contributed by atoms with Gasteiger partial charge in [0, 0.05) is 6.42 Å². The standard InChI is InChI=1S/C8H15NO/c1-3-5-8(10)6-4-7-9-2/h1,8-10H,4-7H2,2H3/t8-/m0/s1. The third-order valence-corrected chi connectivity index (χ3v) is 1.32. The molecule has 1 atom stereocenters. The van der Waals surface area contributed by atoms with E-state index in [1.54, 1.807) is 0 Å². The summed E-state index contributed by atoms with van der Waals surface area (Å²) in [5.41, 5.74) is 0. The van der Waals surface area contributed by atoms with Gasteiger partial charge in [-0.25, -0.2) is 0 Å². The number of aliphatic hydroxyl groups excluding tert-OH is 1. The molecule has 0 radical (unpaired) electrons. The highest BCUT2D eigenvalue weighted by atomic mass is 16.3. The number of hydrogen-bond acceptors (Lipinski definition) is 2. The van der Waals surface area contributed by atoms with E-state index in [1.807, 2.05) is 7.05 Å². The van der Waals surface area contributed by atoms with Crippen LogP contribution in [0.15, 0.2) is 0 Å². The molecule has 0 aromatic rings. The molecule has 2 N–H and O–H groups in total. The molecule has 58 valence electrons. The molecule has 0 aliphatic heterocycles. The molecular formula is C8H15NO. The zero-order valence-corrected chi connectivity index (χ0v) is 6.43. The molecule has 0 spiro atoms. The highest BCUT2D eigenvalue weighted by Gasteiger charge is 1.99. The predicted molar refractivity (Wildman–Crippen MR) is 42.6 cm³/mol. The van der Waals surface area contributed by atoms with Crippen LogP contribution in [0, 0.1) is 12.3 Å². The van der Waals surface area contributed by atoms with Crippen LogP contribution in [0.5, 0.6) is 0 Å². The van der Waals surface area contributed by atoms with E-state index in [4.69, 9.17) is 11.5 Å². The van der Waals surface area contributed by atoms with Crippen molar-refractivity contribution in [3.8, 4) is 12.3 Å². The Morgan fingerprint density at radius 2 is 2.40 bits per heavy atom. The number of nitrogens with one attached hydrogen (secondary N) is 1. The molecule has 2 nitrogen and oxygen atoms in total. The second kappa shape index (κ2) is 6.60. The smallest absolute Gasteiger partial charge is 0.0649 e. The van der Waals surface area contributed by atoms with Gasteiger partial charge in [-0.15, -0.1) is 12.3 Å². The van der Waals surface area contributed by atoms with Gasteiger partial charge in [0.2, 0.25) is 0 Å². The summed E-state index contributed by atoms with van der Waals surface area (Å²) in [5, 5.41) is 12.1. The molecule has 0 aromatic heterocycles. The minimum atomic E-state index is -0.307. The van der Waals surface area contributed by atoms with E-state index in [0.29, 0.717) is 6.42 Å². The Morgan fingerprint density at radius 3 is 2.90 bits per heavy atom. The van der Waals surface area contributed by atoms with Gasteiger partial charge in [-0.1, -0.05) is 0 Å². The maximum Gasteiger partial charge on any atom is 0.0649 e. The van der Waals surface area contributed by atoms with Crippen molar-refractivity contribution in [1.29, 1.82) is 0 Å². The first-order valence-corrected chi connectivity index (χ1v) is 3.57. The van der Waals surface area contributed by atoms with Gasteiger partial charge in [-0.3, -0.25) is 0 Å². The molecule has 0 aliphatic carbocycles. The summed E-state index contributed by atoms with van der Waals surface area (Å²) in [4.78, 5) is 0. The van der Waals surface area contributed by atoms with Crippen LogP contribution in [0.4, 0.5) is 0 Å². The van der Waals surface area contributed by atoms with Crippen LogP contribution >= 0.6 is 0 Å². The molecule has 0 heterocycles. The molecule has 2 heteroatoms. The summed E-state index contributed by atoms with van der Waals surface area (Å²) >= 11 is 0. The van der Waals surface area contributed by atoms with Crippen LogP contribution in [-0.4, -0.2) is 24.8 Å². The van der Waals surface area contributed by atoms with Gasteiger partial charge in [-0.2, -0.15) is 0 Å². The Morgan fingerprint density at radius 1 is 1.70 bits per heavy atom. The lowest BCUT2D eigenvalue weighted by atomic mass is 10.1. The summed E-state index contributed by atoms with van der Waals surface area (Å²) in [6.07, 6.45) is 6.96. The van der Waals surface area contributed by atoms with Crippen molar-refractivity contribution in [3.05, 3.63) is 0 Å². The molecule has 0 bridgehead atoms. The van der Waals surface area contributed by atoms with Gasteiger partial charge in [0.15, 0.2) is 0 Å². The van der Waals surface area contributed by atoms with E-state index in [-0.39, 0.29) is 6.10 Å². The predicted octanol–water partition coefficient (Wildman–Crippen LogP) is 0.370. The van der Waals surface area contributed by atoms with E-state index in [0.717, 1.165) is 19.4 Å². The highest BCUT2D eigenvalue weighted by Crippen LogP contribution is 1.98. The Labute approximate surface area is 62.6 Å². The summed E-state index contributed by atoms with van der Waals surface area (Å²) in [6, 6.07) is 0. The third-order valence-electron chi connectivity index (χ3n) is 1.32. The maximum atomic E-state index is 9.11. The molecule has 10 heavy (non-hydrogen) atoms. The first kappa shape index (κ1) is 9.48. The second-order valence-electron chi connectivity index (χ2n) is 2.31. The fourth-order valence-electron chi connectivity index (χ4n) is 0.753. The van der Waals surface area contributed by atoms with Crippen LogP contribution < -0.4 is 5.32 Å². The fraction of sp³-hybridized carbons (Fsp3) is 0.750. The summed E-state index contributed by atoms with van der Waals surface area (Å²) < 4.78 is 0. The largest absolute Gasteiger partial charge is 0.392 e. The van der Waals surface area contributed by atoms with E-state index in [1.165, 1.54) is 0 Å². The summed E-state index contributed by atoms with van der Waals surface area (Å²) in [7, 11) is 1.90. The maximum absolute atomic E-state index is 9.11. The van der Waals surface area contributed by atoms with Crippen LogP contribution in [0.25, 0.3) is 0 Å². The molecule has 0 aliphatic rings. The average molecular weight is 141 g/mol. The van der Waals surface area contributed by atoms with Crippen molar-refractivity contribution in [2.24, 2.45) is 0 Å². The van der Waals surface area contributed by atoms with Gasteiger partial charge < -0.3 is 10.4 Å². The molecular weight excluding hydrogens is 126 g/mol. The summed E-state index contributed by atoms with van der Waals surface area (Å²) in [5.74, 6) is 2.42. The monoisotopic (exact) mass is 141 g/mol. The van der Waals surface area contributed by atoms with Gasteiger partial charge in [0.25, 0.3) is 0 Å².